The van der Waals surface area contributed by atoms with Gasteiger partial charge in [-0.2, -0.15) is 0 Å². The maximum absolute atomic E-state index is 12.6. The minimum absolute atomic E-state index is 0.00842. The van der Waals surface area contributed by atoms with Crippen molar-refractivity contribution in [1.29, 1.82) is 0 Å². The lowest BCUT2D eigenvalue weighted by Gasteiger charge is -2.44. The Labute approximate surface area is 150 Å². The highest BCUT2D eigenvalue weighted by atomic mass is 32.1. The molecule has 1 unspecified atom stereocenters. The van der Waals surface area contributed by atoms with Gasteiger partial charge >= 0.3 is 0 Å². The minimum Gasteiger partial charge on any atom is -0.481 e. The van der Waals surface area contributed by atoms with Crippen LogP contribution < -0.4 is 14.8 Å². The minimum atomic E-state index is -0.00842. The van der Waals surface area contributed by atoms with E-state index in [2.05, 4.69) is 15.2 Å². The molecule has 5 rings (SSSR count). The smallest absolute Gasteiger partial charge is 0.261 e. The summed E-state index contributed by atoms with van der Waals surface area (Å²) in [6.07, 6.45) is 4.00. The molecule has 1 atom stereocenters. The summed E-state index contributed by atoms with van der Waals surface area (Å²) in [4.78, 5) is 19.7. The number of carbonyl (C=O) groups excluding carboxylic acids is 1. The van der Waals surface area contributed by atoms with Crippen molar-refractivity contribution >= 4 is 17.2 Å². The zero-order valence-electron chi connectivity index (χ0n) is 14.1. The number of ether oxygens (including phenoxy) is 2. The van der Waals surface area contributed by atoms with E-state index in [-0.39, 0.29) is 11.9 Å². The van der Waals surface area contributed by atoms with Crippen LogP contribution in [0.2, 0.25) is 0 Å². The largest absolute Gasteiger partial charge is 0.481 e. The van der Waals surface area contributed by atoms with E-state index >= 15 is 0 Å². The van der Waals surface area contributed by atoms with E-state index in [1.807, 2.05) is 12.1 Å². The number of carbonyl (C=O) groups is 1. The summed E-state index contributed by atoms with van der Waals surface area (Å²) in [5.74, 6) is 1.74. The average molecular weight is 359 g/mol. The first-order valence-electron chi connectivity index (χ1n) is 8.52. The Bertz CT molecular complexity index is 756. The molecule has 7 heteroatoms. The zero-order valence-corrected chi connectivity index (χ0v) is 14.9. The number of nitrogens with zero attached hydrogens (tertiary/aromatic N) is 2. The van der Waals surface area contributed by atoms with Gasteiger partial charge in [-0.05, 0) is 50.0 Å². The molecule has 3 aliphatic heterocycles. The molecule has 1 amide bonds. The number of thiophene rings is 1. The van der Waals surface area contributed by atoms with E-state index in [9.17, 15) is 4.79 Å². The summed E-state index contributed by atoms with van der Waals surface area (Å²) in [5.41, 5.74) is 0. The number of hydrogen-bond donors (Lipinski definition) is 1. The molecule has 0 spiro atoms. The lowest BCUT2D eigenvalue weighted by Crippen LogP contribution is -2.57. The van der Waals surface area contributed by atoms with Gasteiger partial charge in [0.1, 0.15) is 5.75 Å². The third kappa shape index (κ3) is 3.62. The number of pyridine rings is 1. The van der Waals surface area contributed by atoms with Crippen LogP contribution in [0, 0.1) is 5.92 Å². The molecule has 3 aliphatic rings. The van der Waals surface area contributed by atoms with Crippen LogP contribution in [-0.4, -0.2) is 48.6 Å². The molecule has 0 radical (unpaired) electrons. The van der Waals surface area contributed by atoms with Gasteiger partial charge in [-0.1, -0.05) is 11.3 Å². The number of aromatic nitrogens is 1. The third-order valence-electron chi connectivity index (χ3n) is 4.91. The molecule has 2 bridgehead atoms. The predicted molar refractivity (Wildman–Crippen MR) is 95.6 cm³/mol. The molecule has 3 fully saturated rings. The first kappa shape index (κ1) is 16.4. The summed E-state index contributed by atoms with van der Waals surface area (Å²) in [6.45, 7) is 3.31. The molecular weight excluding hydrogens is 338 g/mol. The van der Waals surface area contributed by atoms with Crippen molar-refractivity contribution < 1.29 is 14.3 Å². The molecular formula is C18H21N3O3S. The quantitative estimate of drug-likeness (QED) is 0.889. The van der Waals surface area contributed by atoms with Crippen molar-refractivity contribution in [3.63, 3.8) is 0 Å². The highest BCUT2D eigenvalue weighted by Crippen LogP contribution is 2.31. The van der Waals surface area contributed by atoms with E-state index in [1.54, 1.807) is 25.4 Å². The maximum Gasteiger partial charge on any atom is 0.261 e. The van der Waals surface area contributed by atoms with Crippen molar-refractivity contribution in [3.05, 3.63) is 35.3 Å². The molecule has 3 saturated heterocycles. The van der Waals surface area contributed by atoms with Crippen molar-refractivity contribution in [3.8, 4) is 16.7 Å². The van der Waals surface area contributed by atoms with Gasteiger partial charge in [0.2, 0.25) is 5.88 Å². The highest BCUT2D eigenvalue weighted by Gasteiger charge is 2.35. The van der Waals surface area contributed by atoms with Crippen LogP contribution in [0.15, 0.2) is 30.5 Å². The Morgan fingerprint density at radius 2 is 2.16 bits per heavy atom. The molecule has 1 N–H and O–H groups in total. The summed E-state index contributed by atoms with van der Waals surface area (Å²) in [5, 5.41) is 3.88. The van der Waals surface area contributed by atoms with E-state index in [0.717, 1.165) is 6.54 Å². The Kier molecular flexibility index (Phi) is 4.59. The number of amides is 1. The number of rotatable bonds is 5. The van der Waals surface area contributed by atoms with Crippen LogP contribution in [0.3, 0.4) is 0 Å². The predicted octanol–water partition coefficient (Wildman–Crippen LogP) is 2.77. The molecule has 2 aromatic rings. The topological polar surface area (TPSA) is 63.7 Å². The van der Waals surface area contributed by atoms with Crippen LogP contribution in [0.5, 0.6) is 16.7 Å². The number of piperidine rings is 3. The Balaban J connectivity index is 1.39. The van der Waals surface area contributed by atoms with Crippen molar-refractivity contribution in [2.75, 3.05) is 26.7 Å². The SMILES string of the molecule is COc1cc(Oc2ccc(C(=O)NC3CN4CCC3CC4)s2)ccn1. The molecule has 0 saturated carbocycles. The first-order valence-corrected chi connectivity index (χ1v) is 9.34. The normalized spacial score (nSPS) is 24.8. The number of nitrogens with one attached hydrogen (secondary N) is 1. The van der Waals surface area contributed by atoms with E-state index in [1.165, 1.54) is 37.3 Å². The number of fused-ring (bicyclic) bond motifs is 3. The van der Waals surface area contributed by atoms with Crippen molar-refractivity contribution in [2.24, 2.45) is 5.92 Å². The van der Waals surface area contributed by atoms with E-state index < -0.39 is 0 Å². The third-order valence-corrected chi connectivity index (χ3v) is 5.87. The van der Waals surface area contributed by atoms with E-state index in [0.29, 0.717) is 27.5 Å². The van der Waals surface area contributed by atoms with Crippen LogP contribution >= 0.6 is 11.3 Å². The average Bonchev–Trinajstić information content (AvgIpc) is 3.11. The lowest BCUT2D eigenvalue weighted by atomic mass is 9.84. The second-order valence-corrected chi connectivity index (χ2v) is 7.52. The van der Waals surface area contributed by atoms with Crippen LogP contribution in [0.1, 0.15) is 22.5 Å². The van der Waals surface area contributed by atoms with Gasteiger partial charge < -0.3 is 19.7 Å². The Morgan fingerprint density at radius 3 is 2.88 bits per heavy atom. The fraction of sp³-hybridized carbons (Fsp3) is 0.444. The Hall–Kier alpha value is -2.12. The molecule has 6 nitrogen and oxygen atoms in total. The number of hydrogen-bond acceptors (Lipinski definition) is 6. The standard InChI is InChI=1S/C18H21N3O3S/c1-23-16-10-13(4-7-19-16)24-17-3-2-15(25-17)18(22)20-14-11-21-8-5-12(14)6-9-21/h2-4,7,10,12,14H,5-6,8-9,11H2,1H3,(H,20,22). The molecule has 132 valence electrons. The van der Waals surface area contributed by atoms with Crippen LogP contribution in [-0.2, 0) is 0 Å². The molecule has 0 aliphatic carbocycles. The monoisotopic (exact) mass is 359 g/mol. The fourth-order valence-corrected chi connectivity index (χ4v) is 4.33. The Morgan fingerprint density at radius 1 is 1.32 bits per heavy atom. The van der Waals surface area contributed by atoms with Gasteiger partial charge in [0.05, 0.1) is 12.0 Å². The van der Waals surface area contributed by atoms with Gasteiger partial charge in [0.15, 0.2) is 5.06 Å². The van der Waals surface area contributed by atoms with Crippen LogP contribution in [0.25, 0.3) is 0 Å². The maximum atomic E-state index is 12.6. The number of methoxy groups -OCH3 is 1. The van der Waals surface area contributed by atoms with Crippen molar-refractivity contribution in [1.82, 2.24) is 15.2 Å². The van der Waals surface area contributed by atoms with Gasteiger partial charge in [-0.3, -0.25) is 4.79 Å². The summed E-state index contributed by atoms with van der Waals surface area (Å²) in [6, 6.07) is 7.38. The van der Waals surface area contributed by atoms with Crippen LogP contribution in [0.4, 0.5) is 0 Å². The summed E-state index contributed by atoms with van der Waals surface area (Å²) >= 11 is 1.35. The fourth-order valence-electron chi connectivity index (χ4n) is 3.55. The van der Waals surface area contributed by atoms with Gasteiger partial charge in [-0.15, -0.1) is 0 Å². The summed E-state index contributed by atoms with van der Waals surface area (Å²) < 4.78 is 10.9. The lowest BCUT2D eigenvalue weighted by molar-refractivity contribution is 0.0622. The summed E-state index contributed by atoms with van der Waals surface area (Å²) in [7, 11) is 1.56. The second-order valence-electron chi connectivity index (χ2n) is 6.47. The van der Waals surface area contributed by atoms with Crippen molar-refractivity contribution in [2.45, 2.75) is 18.9 Å². The van der Waals surface area contributed by atoms with Gasteiger partial charge in [-0.25, -0.2) is 4.98 Å². The first-order chi connectivity index (χ1) is 12.2. The molecule has 0 aromatic carbocycles. The van der Waals surface area contributed by atoms with Gasteiger partial charge in [0.25, 0.3) is 5.91 Å². The van der Waals surface area contributed by atoms with E-state index in [4.69, 9.17) is 9.47 Å². The zero-order chi connectivity index (χ0) is 17.2. The molecule has 5 heterocycles. The molecule has 25 heavy (non-hydrogen) atoms. The highest BCUT2D eigenvalue weighted by molar-refractivity contribution is 7.15. The second kappa shape index (κ2) is 7.01. The van der Waals surface area contributed by atoms with Gasteiger partial charge in [0, 0.05) is 24.8 Å². The molecule has 2 aromatic heterocycles.